The molecule has 0 spiro atoms. The minimum Gasteiger partial charge on any atom is -0.431 e. The molecule has 0 atom stereocenters. The number of unbranched alkanes of at least 4 members (excludes halogenated alkanes) is 1. The highest BCUT2D eigenvalue weighted by molar-refractivity contribution is 6.32. The lowest BCUT2D eigenvalue weighted by Gasteiger charge is -2.15. The number of nitrogens with one attached hydrogen (secondary N) is 2. The molecule has 0 aliphatic heterocycles. The van der Waals surface area contributed by atoms with Gasteiger partial charge in [0.1, 0.15) is 11.6 Å². The number of alkyl halides is 2. The van der Waals surface area contributed by atoms with Crippen LogP contribution in [0.15, 0.2) is 54.9 Å². The van der Waals surface area contributed by atoms with E-state index in [1.807, 2.05) is 18.3 Å². The number of halogens is 3. The summed E-state index contributed by atoms with van der Waals surface area (Å²) in [7, 11) is 0. The van der Waals surface area contributed by atoms with Gasteiger partial charge in [0.25, 0.3) is 0 Å². The van der Waals surface area contributed by atoms with Crippen LogP contribution < -0.4 is 15.4 Å². The molecule has 0 radical (unpaired) electrons. The third kappa shape index (κ3) is 7.48. The largest absolute Gasteiger partial charge is 0.431 e. The van der Waals surface area contributed by atoms with Gasteiger partial charge in [-0.05, 0) is 55.3 Å². The highest BCUT2D eigenvalue weighted by atomic mass is 35.5. The van der Waals surface area contributed by atoms with Crippen molar-refractivity contribution in [2.45, 2.75) is 32.4 Å². The monoisotopic (exact) mass is 539 g/mol. The molecule has 2 N–H and O–H groups in total. The Morgan fingerprint density at radius 2 is 1.89 bits per heavy atom. The second kappa shape index (κ2) is 12.8. The van der Waals surface area contributed by atoms with Gasteiger partial charge >= 0.3 is 6.11 Å². The fraction of sp³-hybridized carbons (Fsp3) is 0.321. The number of aromatic nitrogens is 2. The Labute approximate surface area is 224 Å². The number of hydrogen-bond acceptors (Lipinski definition) is 7. The Kier molecular flexibility index (Phi) is 9.24. The Hall–Kier alpha value is -3.58. The quantitative estimate of drug-likeness (QED) is 0.152. The Morgan fingerprint density at radius 1 is 1.03 bits per heavy atom. The van der Waals surface area contributed by atoms with Gasteiger partial charge in [0.15, 0.2) is 0 Å². The lowest BCUT2D eigenvalue weighted by atomic mass is 10.1. The van der Waals surface area contributed by atoms with E-state index in [4.69, 9.17) is 21.3 Å². The number of ether oxygens (including phenoxy) is 2. The van der Waals surface area contributed by atoms with E-state index in [2.05, 4.69) is 26.4 Å². The summed E-state index contributed by atoms with van der Waals surface area (Å²) in [6, 6.07) is 14.3. The lowest BCUT2D eigenvalue weighted by Crippen LogP contribution is -2.19. The van der Waals surface area contributed by atoms with E-state index in [1.165, 1.54) is 6.07 Å². The molecule has 0 aliphatic rings. The molecule has 4 aromatic rings. The number of fused-ring (bicyclic) bond motifs is 3. The third-order valence-corrected chi connectivity index (χ3v) is 6.07. The van der Waals surface area contributed by atoms with Gasteiger partial charge in [0.2, 0.25) is 0 Å². The zero-order valence-corrected chi connectivity index (χ0v) is 21.7. The molecular formula is C28H28ClF2N5O2. The summed E-state index contributed by atoms with van der Waals surface area (Å²) in [4.78, 5) is 8.98. The third-order valence-electron chi connectivity index (χ3n) is 5.77. The highest BCUT2D eigenvalue weighted by Crippen LogP contribution is 2.30. The zero-order valence-electron chi connectivity index (χ0n) is 20.9. The summed E-state index contributed by atoms with van der Waals surface area (Å²) >= 11 is 6.04. The van der Waals surface area contributed by atoms with Gasteiger partial charge < -0.3 is 20.1 Å². The molecule has 4 rings (SSSR count). The first-order valence-electron chi connectivity index (χ1n) is 12.3. The van der Waals surface area contributed by atoms with Crippen molar-refractivity contribution in [3.63, 3.8) is 0 Å². The Morgan fingerprint density at radius 3 is 2.68 bits per heavy atom. The Balaban J connectivity index is 1.15. The number of pyridine rings is 2. The van der Waals surface area contributed by atoms with Crippen molar-refractivity contribution in [2.24, 2.45) is 0 Å². The van der Waals surface area contributed by atoms with E-state index in [0.717, 1.165) is 52.4 Å². The standard InChI is InChI=1S/C28H28ClF2N5O2/c1-28(30,31)38-26-7-5-20(14-24(26)29)17-33-9-2-3-12-37-13-11-35-27-22-8-10-34-18-23(22)21-6-4-19(16-32)15-25(21)36-27/h4-8,10,14-15,18,33H,2-3,9,11-13,17H2,1H3,(H,35,36). The predicted octanol–water partition coefficient (Wildman–Crippen LogP) is 6.30. The van der Waals surface area contributed by atoms with Crippen LogP contribution in [0.1, 0.15) is 30.9 Å². The number of benzene rings is 2. The van der Waals surface area contributed by atoms with Crippen LogP contribution in [0, 0.1) is 11.3 Å². The highest BCUT2D eigenvalue weighted by Gasteiger charge is 2.24. The number of hydrogen-bond donors (Lipinski definition) is 2. The van der Waals surface area contributed by atoms with Gasteiger partial charge in [0, 0.05) is 55.2 Å². The van der Waals surface area contributed by atoms with Crippen molar-refractivity contribution in [1.82, 2.24) is 15.3 Å². The number of anilines is 1. The van der Waals surface area contributed by atoms with Crippen molar-refractivity contribution in [1.29, 1.82) is 5.26 Å². The summed E-state index contributed by atoms with van der Waals surface area (Å²) in [5, 5.41) is 18.9. The molecule has 198 valence electrons. The van der Waals surface area contributed by atoms with Crippen LogP contribution in [0.25, 0.3) is 21.7 Å². The fourth-order valence-electron chi connectivity index (χ4n) is 4.01. The SMILES string of the molecule is CC(F)(F)Oc1ccc(CNCCCCOCCNc2nc3cc(C#N)ccc3c3cnccc23)cc1Cl. The van der Waals surface area contributed by atoms with Crippen LogP contribution >= 0.6 is 11.6 Å². The summed E-state index contributed by atoms with van der Waals surface area (Å²) in [6.07, 6.45) is 2.10. The van der Waals surface area contributed by atoms with Crippen LogP contribution in [-0.4, -0.2) is 42.4 Å². The van der Waals surface area contributed by atoms with Crippen molar-refractivity contribution < 1.29 is 18.3 Å². The van der Waals surface area contributed by atoms with Crippen molar-refractivity contribution in [3.05, 3.63) is 71.0 Å². The molecule has 2 heterocycles. The van der Waals surface area contributed by atoms with E-state index in [-0.39, 0.29) is 10.8 Å². The molecule has 0 bridgehead atoms. The van der Waals surface area contributed by atoms with E-state index < -0.39 is 6.11 Å². The Bertz CT molecular complexity index is 1440. The molecule has 7 nitrogen and oxygen atoms in total. The second-order valence-electron chi connectivity index (χ2n) is 8.82. The molecule has 38 heavy (non-hydrogen) atoms. The average Bonchev–Trinajstić information content (AvgIpc) is 2.90. The normalized spacial score (nSPS) is 11.6. The second-order valence-corrected chi connectivity index (χ2v) is 9.23. The molecule has 0 saturated heterocycles. The van der Waals surface area contributed by atoms with Crippen molar-refractivity contribution in [3.8, 4) is 11.8 Å². The lowest BCUT2D eigenvalue weighted by molar-refractivity contribution is -0.158. The minimum absolute atomic E-state index is 0.0377. The molecule has 10 heteroatoms. The summed E-state index contributed by atoms with van der Waals surface area (Å²) in [6.45, 7) is 3.79. The van der Waals surface area contributed by atoms with E-state index >= 15 is 0 Å². The first-order valence-corrected chi connectivity index (χ1v) is 12.7. The number of nitrogens with zero attached hydrogens (tertiary/aromatic N) is 3. The first-order chi connectivity index (χ1) is 18.3. The molecule has 0 unspecified atom stereocenters. The summed E-state index contributed by atoms with van der Waals surface area (Å²) < 4.78 is 36.3. The van der Waals surface area contributed by atoms with Crippen LogP contribution in [0.3, 0.4) is 0 Å². The van der Waals surface area contributed by atoms with Gasteiger partial charge in [-0.1, -0.05) is 23.7 Å². The maximum atomic E-state index is 13.0. The first kappa shape index (κ1) is 27.5. The van der Waals surface area contributed by atoms with Crippen LogP contribution in [0.4, 0.5) is 14.6 Å². The van der Waals surface area contributed by atoms with Crippen LogP contribution in [0.5, 0.6) is 5.75 Å². The van der Waals surface area contributed by atoms with Crippen LogP contribution in [0.2, 0.25) is 5.02 Å². The van der Waals surface area contributed by atoms with Gasteiger partial charge in [-0.25, -0.2) is 4.98 Å². The molecule has 0 amide bonds. The molecule has 2 aromatic heterocycles. The smallest absolute Gasteiger partial charge is 0.394 e. The average molecular weight is 540 g/mol. The predicted molar refractivity (Wildman–Crippen MR) is 145 cm³/mol. The maximum absolute atomic E-state index is 13.0. The fourth-order valence-corrected chi connectivity index (χ4v) is 4.25. The van der Waals surface area contributed by atoms with Gasteiger partial charge in [-0.2, -0.15) is 14.0 Å². The number of nitriles is 1. The maximum Gasteiger partial charge on any atom is 0.394 e. The molecular weight excluding hydrogens is 512 g/mol. The van der Waals surface area contributed by atoms with Gasteiger partial charge in [0.05, 0.1) is 28.8 Å². The zero-order chi connectivity index (χ0) is 27.0. The van der Waals surface area contributed by atoms with Gasteiger partial charge in [-0.15, -0.1) is 0 Å². The molecule has 0 fully saturated rings. The summed E-state index contributed by atoms with van der Waals surface area (Å²) in [5.41, 5.74) is 2.20. The van der Waals surface area contributed by atoms with Crippen LogP contribution in [-0.2, 0) is 11.3 Å². The van der Waals surface area contributed by atoms with Crippen molar-refractivity contribution >= 4 is 39.1 Å². The molecule has 0 saturated carbocycles. The van der Waals surface area contributed by atoms with E-state index in [9.17, 15) is 14.0 Å². The van der Waals surface area contributed by atoms with E-state index in [0.29, 0.717) is 38.8 Å². The topological polar surface area (TPSA) is 92.1 Å². The van der Waals surface area contributed by atoms with Crippen molar-refractivity contribution in [2.75, 3.05) is 31.6 Å². The molecule has 0 aliphatic carbocycles. The summed E-state index contributed by atoms with van der Waals surface area (Å²) in [5.74, 6) is 0.699. The minimum atomic E-state index is -3.27. The van der Waals surface area contributed by atoms with Gasteiger partial charge in [-0.3, -0.25) is 4.98 Å². The van der Waals surface area contributed by atoms with E-state index in [1.54, 1.807) is 30.5 Å². The number of rotatable bonds is 13. The molecule has 2 aromatic carbocycles.